The number of hydrogen-bond acceptors (Lipinski definition) is 0. The summed E-state index contributed by atoms with van der Waals surface area (Å²) in [5.41, 5.74) is 14.8. The van der Waals surface area contributed by atoms with Gasteiger partial charge in [0, 0.05) is 0 Å². The highest BCUT2D eigenvalue weighted by molar-refractivity contribution is 6.19. The summed E-state index contributed by atoms with van der Waals surface area (Å²) in [5, 5.41) is 7.80. The van der Waals surface area contributed by atoms with Crippen molar-refractivity contribution in [1.82, 2.24) is 0 Å². The standard InChI is InChI=1S/C53H40/c1-53(2)49-23-13-12-18-43(49)44-33-31-39(34-50(44)53)52-47-21-10-8-19-45(47)51(46-20-9-11-22-48(46)52)38-28-25-35(26-29-38)24-27-37-30-32-41(36-14-4-3-5-15-36)42-17-7-6-16-40(37)42/h3-33,50H,34H2,1-2H3. The first-order valence-electron chi connectivity index (χ1n) is 18.9. The molecule has 0 spiro atoms. The van der Waals surface area contributed by atoms with Crippen molar-refractivity contribution >= 4 is 55.6 Å². The normalized spacial score (nSPS) is 16.2. The van der Waals surface area contributed by atoms with Crippen molar-refractivity contribution in [2.45, 2.75) is 25.7 Å². The van der Waals surface area contributed by atoms with Crippen molar-refractivity contribution in [1.29, 1.82) is 0 Å². The van der Waals surface area contributed by atoms with E-state index in [9.17, 15) is 0 Å². The Bertz CT molecular complexity index is 2750. The van der Waals surface area contributed by atoms with Crippen molar-refractivity contribution in [3.63, 3.8) is 0 Å². The monoisotopic (exact) mass is 676 g/mol. The molecule has 8 aromatic rings. The Hall–Kier alpha value is -6.24. The summed E-state index contributed by atoms with van der Waals surface area (Å²) in [6.07, 6.45) is 10.4. The van der Waals surface area contributed by atoms with E-state index in [0.29, 0.717) is 5.92 Å². The molecule has 0 heterocycles. The van der Waals surface area contributed by atoms with Gasteiger partial charge >= 0.3 is 0 Å². The molecular formula is C53H40. The summed E-state index contributed by atoms with van der Waals surface area (Å²) in [7, 11) is 0. The van der Waals surface area contributed by atoms with E-state index < -0.39 is 0 Å². The summed E-state index contributed by atoms with van der Waals surface area (Å²) < 4.78 is 0. The first kappa shape index (κ1) is 31.5. The smallest absolute Gasteiger partial charge is 0.00232 e. The van der Waals surface area contributed by atoms with Crippen LogP contribution in [0.3, 0.4) is 0 Å². The lowest BCUT2D eigenvalue weighted by molar-refractivity contribution is 0.418. The summed E-state index contributed by atoms with van der Waals surface area (Å²) in [6.45, 7) is 4.87. The number of allylic oxidation sites excluding steroid dienone is 4. The van der Waals surface area contributed by atoms with E-state index in [1.807, 2.05) is 0 Å². The van der Waals surface area contributed by atoms with Crippen LogP contribution in [0.2, 0.25) is 0 Å². The Morgan fingerprint density at radius 1 is 0.453 bits per heavy atom. The van der Waals surface area contributed by atoms with Crippen LogP contribution in [0, 0.1) is 5.92 Å². The first-order chi connectivity index (χ1) is 26.1. The van der Waals surface area contributed by atoms with Crippen LogP contribution in [0.4, 0.5) is 0 Å². The number of fused-ring (bicyclic) bond motifs is 6. The zero-order valence-corrected chi connectivity index (χ0v) is 30.2. The minimum atomic E-state index is 0.0857. The molecule has 0 bridgehead atoms. The Morgan fingerprint density at radius 2 is 1.04 bits per heavy atom. The van der Waals surface area contributed by atoms with Gasteiger partial charge in [-0.05, 0) is 111 Å². The van der Waals surface area contributed by atoms with Gasteiger partial charge in [-0.2, -0.15) is 0 Å². The molecule has 0 N–H and O–H groups in total. The molecule has 1 atom stereocenters. The first-order valence-corrected chi connectivity index (χ1v) is 18.9. The fourth-order valence-corrected chi connectivity index (χ4v) is 9.37. The molecule has 0 saturated heterocycles. The third-order valence-corrected chi connectivity index (χ3v) is 12.0. The average Bonchev–Trinajstić information content (AvgIpc) is 3.44. The third kappa shape index (κ3) is 5.12. The number of hydrogen-bond donors (Lipinski definition) is 0. The maximum atomic E-state index is 2.43. The molecule has 0 aromatic heterocycles. The van der Waals surface area contributed by atoms with Crippen LogP contribution in [0.25, 0.3) is 77.9 Å². The molecule has 53 heavy (non-hydrogen) atoms. The van der Waals surface area contributed by atoms with E-state index in [4.69, 9.17) is 0 Å². The van der Waals surface area contributed by atoms with E-state index in [1.54, 1.807) is 0 Å². The van der Waals surface area contributed by atoms with Crippen molar-refractivity contribution < 1.29 is 0 Å². The second-order valence-corrected chi connectivity index (χ2v) is 15.2. The number of rotatable bonds is 5. The van der Waals surface area contributed by atoms with Crippen molar-refractivity contribution in [2.24, 2.45) is 5.92 Å². The van der Waals surface area contributed by atoms with E-state index in [-0.39, 0.29) is 5.41 Å². The molecule has 0 fully saturated rings. The zero-order chi connectivity index (χ0) is 35.5. The lowest BCUT2D eigenvalue weighted by Crippen LogP contribution is -2.24. The third-order valence-electron chi connectivity index (χ3n) is 12.0. The molecular weight excluding hydrogens is 637 g/mol. The number of benzene rings is 8. The van der Waals surface area contributed by atoms with Crippen LogP contribution in [0.1, 0.15) is 48.1 Å². The molecule has 0 radical (unpaired) electrons. The van der Waals surface area contributed by atoms with Gasteiger partial charge in [0.15, 0.2) is 0 Å². The molecule has 0 aliphatic heterocycles. The van der Waals surface area contributed by atoms with Gasteiger partial charge < -0.3 is 0 Å². The van der Waals surface area contributed by atoms with Crippen LogP contribution < -0.4 is 0 Å². The Kier molecular flexibility index (Phi) is 7.41. The van der Waals surface area contributed by atoms with Gasteiger partial charge in [-0.1, -0.05) is 202 Å². The highest BCUT2D eigenvalue weighted by Crippen LogP contribution is 2.56. The predicted molar refractivity (Wildman–Crippen MR) is 229 cm³/mol. The van der Waals surface area contributed by atoms with Crippen LogP contribution in [0.15, 0.2) is 176 Å². The van der Waals surface area contributed by atoms with Crippen LogP contribution in [-0.2, 0) is 5.41 Å². The molecule has 10 rings (SSSR count). The minimum absolute atomic E-state index is 0.0857. The minimum Gasteiger partial charge on any atom is -0.0622 e. The highest BCUT2D eigenvalue weighted by Gasteiger charge is 2.43. The van der Waals surface area contributed by atoms with Gasteiger partial charge in [0.05, 0.1) is 0 Å². The van der Waals surface area contributed by atoms with Gasteiger partial charge in [0.2, 0.25) is 0 Å². The van der Waals surface area contributed by atoms with Gasteiger partial charge in [-0.15, -0.1) is 0 Å². The van der Waals surface area contributed by atoms with E-state index in [0.717, 1.165) is 6.42 Å². The van der Waals surface area contributed by atoms with E-state index in [1.165, 1.54) is 93.5 Å². The van der Waals surface area contributed by atoms with Crippen LogP contribution in [0.5, 0.6) is 0 Å². The lowest BCUT2D eigenvalue weighted by Gasteiger charge is -2.32. The van der Waals surface area contributed by atoms with E-state index >= 15 is 0 Å². The lowest BCUT2D eigenvalue weighted by atomic mass is 9.71. The summed E-state index contributed by atoms with van der Waals surface area (Å²) in [5.74, 6) is 0.456. The second kappa shape index (κ2) is 12.5. The SMILES string of the molecule is CC1(C)c2ccccc2C2=CC=C(c3c4ccccc4c(-c4ccc(C=Cc5ccc(-c6ccccc6)c6ccccc56)cc4)c4ccccc34)CC21. The molecule has 0 amide bonds. The average molecular weight is 677 g/mol. The Labute approximate surface area is 312 Å². The summed E-state index contributed by atoms with van der Waals surface area (Å²) in [4.78, 5) is 0. The predicted octanol–water partition coefficient (Wildman–Crippen LogP) is 14.4. The van der Waals surface area contributed by atoms with Gasteiger partial charge in [0.1, 0.15) is 0 Å². The van der Waals surface area contributed by atoms with Gasteiger partial charge in [-0.3, -0.25) is 0 Å². The van der Waals surface area contributed by atoms with E-state index in [2.05, 4.69) is 202 Å². The molecule has 252 valence electrons. The maximum Gasteiger partial charge on any atom is -0.00232 e. The molecule has 2 aliphatic rings. The molecule has 0 saturated carbocycles. The Balaban J connectivity index is 1.04. The quantitative estimate of drug-likeness (QED) is 0.126. The van der Waals surface area contributed by atoms with Crippen molar-refractivity contribution in [2.75, 3.05) is 0 Å². The van der Waals surface area contributed by atoms with Gasteiger partial charge in [0.25, 0.3) is 0 Å². The Morgan fingerprint density at radius 3 is 1.74 bits per heavy atom. The maximum absolute atomic E-state index is 2.43. The molecule has 0 nitrogen and oxygen atoms in total. The molecule has 1 unspecified atom stereocenters. The zero-order valence-electron chi connectivity index (χ0n) is 30.2. The molecule has 8 aromatic carbocycles. The second-order valence-electron chi connectivity index (χ2n) is 15.2. The summed E-state index contributed by atoms with van der Waals surface area (Å²) >= 11 is 0. The van der Waals surface area contributed by atoms with Crippen molar-refractivity contribution in [3.8, 4) is 22.3 Å². The highest BCUT2D eigenvalue weighted by atomic mass is 14.5. The summed E-state index contributed by atoms with van der Waals surface area (Å²) in [6, 6.07) is 60.2. The van der Waals surface area contributed by atoms with Gasteiger partial charge in [-0.25, -0.2) is 0 Å². The molecule has 0 heteroatoms. The fraction of sp³-hybridized carbons (Fsp3) is 0.0943. The van der Waals surface area contributed by atoms with Crippen LogP contribution in [-0.4, -0.2) is 0 Å². The molecule has 2 aliphatic carbocycles. The van der Waals surface area contributed by atoms with Crippen LogP contribution >= 0.6 is 0 Å². The van der Waals surface area contributed by atoms with Crippen molar-refractivity contribution in [3.05, 3.63) is 204 Å². The largest absolute Gasteiger partial charge is 0.0622 e. The fourth-order valence-electron chi connectivity index (χ4n) is 9.37. The topological polar surface area (TPSA) is 0 Å².